The average molecular weight is 285 g/mol. The molecule has 3 fully saturated rings. The van der Waals surface area contributed by atoms with Gasteiger partial charge in [-0.15, -0.1) is 0 Å². The van der Waals surface area contributed by atoms with Crippen LogP contribution in [0.3, 0.4) is 0 Å². The van der Waals surface area contributed by atoms with Crippen LogP contribution in [0.5, 0.6) is 0 Å². The van der Waals surface area contributed by atoms with E-state index in [1.807, 2.05) is 4.90 Å². The van der Waals surface area contributed by atoms with Crippen LogP contribution in [0.1, 0.15) is 48.9 Å². The van der Waals surface area contributed by atoms with Crippen LogP contribution in [-0.2, 0) is 0 Å². The lowest BCUT2D eigenvalue weighted by Crippen LogP contribution is -2.45. The van der Waals surface area contributed by atoms with Gasteiger partial charge >= 0.3 is 0 Å². The number of amides is 1. The summed E-state index contributed by atoms with van der Waals surface area (Å²) >= 11 is 0. The molecule has 0 aromatic heterocycles. The van der Waals surface area contributed by atoms with Crippen LogP contribution in [0.25, 0.3) is 0 Å². The summed E-state index contributed by atoms with van der Waals surface area (Å²) in [4.78, 5) is 14.7. The van der Waals surface area contributed by atoms with E-state index in [1.165, 1.54) is 24.5 Å². The van der Waals surface area contributed by atoms with Crippen molar-refractivity contribution < 1.29 is 9.18 Å². The molecule has 1 saturated carbocycles. The van der Waals surface area contributed by atoms with Gasteiger partial charge < -0.3 is 4.90 Å². The molecule has 3 aliphatic rings. The number of rotatable bonds is 2. The Morgan fingerprint density at radius 1 is 1.10 bits per heavy atom. The third-order valence-corrected chi connectivity index (χ3v) is 5.05. The number of benzene rings is 1. The van der Waals surface area contributed by atoms with Crippen molar-refractivity contribution in [2.45, 2.75) is 50.6 Å². The minimum atomic E-state index is -0.402. The maximum Gasteiger partial charge on any atom is 0.257 e. The number of allylic oxidation sites excluding steroid dienone is 1. The van der Waals surface area contributed by atoms with Crippen LogP contribution in [0.15, 0.2) is 35.9 Å². The van der Waals surface area contributed by atoms with Crippen LogP contribution < -0.4 is 0 Å². The lowest BCUT2D eigenvalue weighted by Gasteiger charge is -2.36. The van der Waals surface area contributed by atoms with Gasteiger partial charge in [-0.2, -0.15) is 0 Å². The molecule has 1 aliphatic carbocycles. The first-order valence-electron chi connectivity index (χ1n) is 7.99. The maximum atomic E-state index is 13.9. The number of nitrogens with zero attached hydrogens (tertiary/aromatic N) is 1. The number of fused-ring (bicyclic) bond motifs is 2. The number of carbonyl (C=O) groups excluding carboxylic acids is 1. The van der Waals surface area contributed by atoms with Crippen LogP contribution in [0.2, 0.25) is 0 Å². The SMILES string of the molecule is O=C(c1ccccc1F)N1C2CCC1CC(=CC1CC1)C2. The van der Waals surface area contributed by atoms with Gasteiger partial charge in [0, 0.05) is 12.1 Å². The van der Waals surface area contributed by atoms with Gasteiger partial charge in [0.2, 0.25) is 0 Å². The second kappa shape index (κ2) is 4.97. The predicted molar refractivity (Wildman–Crippen MR) is 79.4 cm³/mol. The topological polar surface area (TPSA) is 20.3 Å². The third kappa shape index (κ3) is 2.39. The van der Waals surface area contributed by atoms with Crippen molar-refractivity contribution in [1.29, 1.82) is 0 Å². The number of piperidine rings is 1. The first kappa shape index (κ1) is 13.1. The Morgan fingerprint density at radius 2 is 1.76 bits per heavy atom. The maximum absolute atomic E-state index is 13.9. The van der Waals surface area contributed by atoms with Gasteiger partial charge in [0.25, 0.3) is 5.91 Å². The standard InChI is InChI=1S/C18H20FNO/c19-17-4-2-1-3-16(17)18(21)20-14-7-8-15(20)11-13(10-14)9-12-5-6-12/h1-4,9,12,14-15H,5-8,10-11H2. The Kier molecular flexibility index (Phi) is 3.09. The highest BCUT2D eigenvalue weighted by Gasteiger charge is 2.42. The Hall–Kier alpha value is -1.64. The number of carbonyl (C=O) groups is 1. The van der Waals surface area contributed by atoms with Crippen molar-refractivity contribution in [3.8, 4) is 0 Å². The highest BCUT2D eigenvalue weighted by Crippen LogP contribution is 2.42. The molecular formula is C18H20FNO. The van der Waals surface area contributed by atoms with E-state index in [1.54, 1.807) is 18.2 Å². The number of halogens is 1. The van der Waals surface area contributed by atoms with Crippen molar-refractivity contribution in [2.24, 2.45) is 5.92 Å². The molecule has 1 amide bonds. The van der Waals surface area contributed by atoms with Gasteiger partial charge in [0.1, 0.15) is 5.82 Å². The van der Waals surface area contributed by atoms with E-state index in [-0.39, 0.29) is 23.6 Å². The average Bonchev–Trinajstić information content (AvgIpc) is 3.24. The van der Waals surface area contributed by atoms with Gasteiger partial charge in [-0.05, 0) is 56.6 Å². The van der Waals surface area contributed by atoms with Crippen LogP contribution in [0, 0.1) is 11.7 Å². The van der Waals surface area contributed by atoms with Gasteiger partial charge in [-0.25, -0.2) is 4.39 Å². The van der Waals surface area contributed by atoms with Crippen molar-refractivity contribution >= 4 is 5.91 Å². The molecular weight excluding hydrogens is 265 g/mol. The molecule has 0 N–H and O–H groups in total. The minimum absolute atomic E-state index is 0.119. The molecule has 2 saturated heterocycles. The van der Waals surface area contributed by atoms with Gasteiger partial charge in [0.05, 0.1) is 5.56 Å². The Bertz CT molecular complexity index is 589. The number of hydrogen-bond donors (Lipinski definition) is 0. The van der Waals surface area contributed by atoms with E-state index in [2.05, 4.69) is 6.08 Å². The summed E-state index contributed by atoms with van der Waals surface area (Å²) in [6.07, 6.45) is 9.21. The summed E-state index contributed by atoms with van der Waals surface area (Å²) in [5.74, 6) is 0.278. The monoisotopic (exact) mass is 285 g/mol. The molecule has 2 aliphatic heterocycles. The van der Waals surface area contributed by atoms with Crippen molar-refractivity contribution in [2.75, 3.05) is 0 Å². The zero-order valence-electron chi connectivity index (χ0n) is 12.1. The Morgan fingerprint density at radius 3 is 2.38 bits per heavy atom. The summed E-state index contributed by atoms with van der Waals surface area (Å²) in [5.41, 5.74) is 1.76. The zero-order chi connectivity index (χ0) is 14.4. The first-order valence-corrected chi connectivity index (χ1v) is 7.99. The molecule has 2 unspecified atom stereocenters. The van der Waals surface area contributed by atoms with E-state index in [0.29, 0.717) is 0 Å². The minimum Gasteiger partial charge on any atom is -0.332 e. The summed E-state index contributed by atoms with van der Waals surface area (Å²) < 4.78 is 13.9. The first-order chi connectivity index (χ1) is 10.2. The molecule has 1 aromatic carbocycles. The molecule has 3 heteroatoms. The highest BCUT2D eigenvalue weighted by molar-refractivity contribution is 5.95. The smallest absolute Gasteiger partial charge is 0.257 e. The molecule has 110 valence electrons. The second-order valence-corrected chi connectivity index (χ2v) is 6.65. The molecule has 2 nitrogen and oxygen atoms in total. The molecule has 2 bridgehead atoms. The molecule has 4 rings (SSSR count). The van der Waals surface area contributed by atoms with Crippen molar-refractivity contribution in [3.05, 3.63) is 47.3 Å². The lowest BCUT2D eigenvalue weighted by molar-refractivity contribution is 0.0629. The van der Waals surface area contributed by atoms with E-state index < -0.39 is 5.82 Å². The third-order valence-electron chi connectivity index (χ3n) is 5.05. The second-order valence-electron chi connectivity index (χ2n) is 6.65. The summed E-state index contributed by atoms with van der Waals surface area (Å²) in [5, 5.41) is 0. The van der Waals surface area contributed by atoms with Gasteiger partial charge in [0.15, 0.2) is 0 Å². The molecule has 2 heterocycles. The van der Waals surface area contributed by atoms with Crippen LogP contribution >= 0.6 is 0 Å². The molecule has 21 heavy (non-hydrogen) atoms. The van der Waals surface area contributed by atoms with E-state index in [4.69, 9.17) is 0 Å². The molecule has 0 spiro atoms. The summed E-state index contributed by atoms with van der Waals surface area (Å²) in [7, 11) is 0. The van der Waals surface area contributed by atoms with Gasteiger partial charge in [-0.3, -0.25) is 4.79 Å². The summed E-state index contributed by atoms with van der Waals surface area (Å²) in [6.45, 7) is 0. The normalized spacial score (nSPS) is 27.9. The number of hydrogen-bond acceptors (Lipinski definition) is 1. The molecule has 2 atom stereocenters. The molecule has 1 aromatic rings. The fraction of sp³-hybridized carbons (Fsp3) is 0.500. The fourth-order valence-electron chi connectivity index (χ4n) is 3.89. The zero-order valence-corrected chi connectivity index (χ0v) is 12.1. The van der Waals surface area contributed by atoms with Gasteiger partial charge in [-0.1, -0.05) is 23.8 Å². The quantitative estimate of drug-likeness (QED) is 0.754. The molecule has 0 radical (unpaired) electrons. The van der Waals surface area contributed by atoms with Crippen molar-refractivity contribution in [3.63, 3.8) is 0 Å². The van der Waals surface area contributed by atoms with Crippen LogP contribution in [-0.4, -0.2) is 22.9 Å². The fourth-order valence-corrected chi connectivity index (χ4v) is 3.89. The largest absolute Gasteiger partial charge is 0.332 e. The lowest BCUT2D eigenvalue weighted by atomic mass is 9.94. The van der Waals surface area contributed by atoms with E-state index >= 15 is 0 Å². The highest BCUT2D eigenvalue weighted by atomic mass is 19.1. The Labute approximate surface area is 124 Å². The summed E-state index contributed by atoms with van der Waals surface area (Å²) in [6, 6.07) is 6.90. The van der Waals surface area contributed by atoms with E-state index in [9.17, 15) is 9.18 Å². The van der Waals surface area contributed by atoms with Crippen LogP contribution in [0.4, 0.5) is 4.39 Å². The van der Waals surface area contributed by atoms with Crippen molar-refractivity contribution in [1.82, 2.24) is 4.90 Å². The Balaban J connectivity index is 1.57. The predicted octanol–water partition coefficient (Wildman–Crippen LogP) is 3.93. The van der Waals surface area contributed by atoms with E-state index in [0.717, 1.165) is 31.6 Å².